The number of nitrogens with zero attached hydrogens (tertiary/aromatic N) is 1. The molecule has 0 spiro atoms. The minimum Gasteiger partial charge on any atom is -0.482 e. The first-order chi connectivity index (χ1) is 11.5. The largest absolute Gasteiger partial charge is 0.482 e. The van der Waals surface area contributed by atoms with E-state index in [2.05, 4.69) is 5.32 Å². The van der Waals surface area contributed by atoms with Gasteiger partial charge in [-0.15, -0.1) is 0 Å². The van der Waals surface area contributed by atoms with Crippen LogP contribution in [0.5, 0.6) is 5.75 Å². The number of hydrogen-bond donors (Lipinski definition) is 1. The van der Waals surface area contributed by atoms with Crippen molar-refractivity contribution in [3.63, 3.8) is 0 Å². The van der Waals surface area contributed by atoms with E-state index in [0.717, 1.165) is 0 Å². The van der Waals surface area contributed by atoms with Gasteiger partial charge in [0.2, 0.25) is 0 Å². The van der Waals surface area contributed by atoms with Crippen LogP contribution in [0.25, 0.3) is 0 Å². The van der Waals surface area contributed by atoms with E-state index in [1.54, 1.807) is 30.0 Å². The summed E-state index contributed by atoms with van der Waals surface area (Å²) in [4.78, 5) is 25.3. The summed E-state index contributed by atoms with van der Waals surface area (Å²) in [6.07, 6.45) is 0.960. The fourth-order valence-corrected chi connectivity index (χ4v) is 2.90. The van der Waals surface area contributed by atoms with E-state index in [0.29, 0.717) is 48.3 Å². The minimum absolute atomic E-state index is 0.0275. The summed E-state index contributed by atoms with van der Waals surface area (Å²) in [7, 11) is 0. The third kappa shape index (κ3) is 5.46. The molecule has 0 radical (unpaired) electrons. The molecule has 0 bridgehead atoms. The molecule has 0 saturated carbocycles. The SMILES string of the molecule is CCOC(=O)NC1CCN(C(=O)COc2ccc(Cl)cc2Cl)CC1. The molecule has 132 valence electrons. The summed E-state index contributed by atoms with van der Waals surface area (Å²) in [5.41, 5.74) is 0. The van der Waals surface area contributed by atoms with Crippen LogP contribution in [0.15, 0.2) is 18.2 Å². The second-order valence-corrected chi connectivity index (χ2v) is 6.23. The summed E-state index contributed by atoms with van der Waals surface area (Å²) in [6.45, 7) is 3.14. The summed E-state index contributed by atoms with van der Waals surface area (Å²) in [5, 5.41) is 3.67. The van der Waals surface area contributed by atoms with Crippen LogP contribution in [0.1, 0.15) is 19.8 Å². The van der Waals surface area contributed by atoms with Crippen molar-refractivity contribution < 1.29 is 19.1 Å². The molecule has 1 aliphatic rings. The molecule has 0 atom stereocenters. The number of amides is 2. The third-order valence-corrected chi connectivity index (χ3v) is 4.22. The Kier molecular flexibility index (Phi) is 6.99. The van der Waals surface area contributed by atoms with Gasteiger partial charge in [0.1, 0.15) is 5.75 Å². The normalized spacial score (nSPS) is 15.0. The molecule has 24 heavy (non-hydrogen) atoms. The van der Waals surface area contributed by atoms with Gasteiger partial charge in [-0.1, -0.05) is 23.2 Å². The first-order valence-corrected chi connectivity index (χ1v) is 8.54. The lowest BCUT2D eigenvalue weighted by atomic mass is 10.1. The topological polar surface area (TPSA) is 67.9 Å². The number of carbonyl (C=O) groups excluding carboxylic acids is 2. The number of nitrogens with one attached hydrogen (secondary N) is 1. The molecular weight excluding hydrogens is 355 g/mol. The summed E-state index contributed by atoms with van der Waals surface area (Å²) in [5.74, 6) is 0.309. The van der Waals surface area contributed by atoms with Crippen molar-refractivity contribution in [1.82, 2.24) is 10.2 Å². The second-order valence-electron chi connectivity index (χ2n) is 5.38. The van der Waals surface area contributed by atoms with Gasteiger partial charge in [0, 0.05) is 24.2 Å². The molecule has 6 nitrogen and oxygen atoms in total. The predicted octanol–water partition coefficient (Wildman–Crippen LogP) is 3.11. The lowest BCUT2D eigenvalue weighted by Gasteiger charge is -2.32. The summed E-state index contributed by atoms with van der Waals surface area (Å²) in [6, 6.07) is 4.88. The number of benzene rings is 1. The van der Waals surface area contributed by atoms with E-state index in [1.165, 1.54) is 0 Å². The molecule has 2 amide bonds. The highest BCUT2D eigenvalue weighted by atomic mass is 35.5. The standard InChI is InChI=1S/C16H20Cl2N2O4/c1-2-23-16(22)19-12-5-7-20(8-6-12)15(21)10-24-14-4-3-11(17)9-13(14)18/h3-4,9,12H,2,5-8,10H2,1H3,(H,19,22). The van der Waals surface area contributed by atoms with E-state index in [1.807, 2.05) is 0 Å². The Labute approximate surface area is 151 Å². The number of carbonyl (C=O) groups is 2. The lowest BCUT2D eigenvalue weighted by Crippen LogP contribution is -2.47. The summed E-state index contributed by atoms with van der Waals surface area (Å²) >= 11 is 11.8. The zero-order valence-corrected chi connectivity index (χ0v) is 14.9. The minimum atomic E-state index is -0.414. The van der Waals surface area contributed by atoms with Crippen LogP contribution in [0.4, 0.5) is 4.79 Å². The molecule has 0 aliphatic carbocycles. The molecule has 2 rings (SSSR count). The monoisotopic (exact) mass is 374 g/mol. The Balaban J connectivity index is 1.75. The van der Waals surface area contributed by atoms with Gasteiger partial charge < -0.3 is 19.7 Å². The molecule has 0 aromatic heterocycles. The van der Waals surface area contributed by atoms with E-state index in [4.69, 9.17) is 32.7 Å². The van der Waals surface area contributed by atoms with Crippen LogP contribution in [0.2, 0.25) is 10.0 Å². The zero-order chi connectivity index (χ0) is 17.5. The van der Waals surface area contributed by atoms with Gasteiger partial charge in [-0.2, -0.15) is 0 Å². The average molecular weight is 375 g/mol. The van der Waals surface area contributed by atoms with Crippen molar-refractivity contribution in [2.24, 2.45) is 0 Å². The van der Waals surface area contributed by atoms with Crippen LogP contribution in [0.3, 0.4) is 0 Å². The van der Waals surface area contributed by atoms with Crippen molar-refractivity contribution in [2.75, 3.05) is 26.3 Å². The highest BCUT2D eigenvalue weighted by Crippen LogP contribution is 2.27. The van der Waals surface area contributed by atoms with Crippen molar-refractivity contribution in [3.8, 4) is 5.75 Å². The van der Waals surface area contributed by atoms with Crippen molar-refractivity contribution >= 4 is 35.2 Å². The predicted molar refractivity (Wildman–Crippen MR) is 91.7 cm³/mol. The Morgan fingerprint density at radius 3 is 2.62 bits per heavy atom. The van der Waals surface area contributed by atoms with Crippen LogP contribution in [0, 0.1) is 0 Å². The number of rotatable bonds is 5. The van der Waals surface area contributed by atoms with Crippen molar-refractivity contribution in [1.29, 1.82) is 0 Å². The Morgan fingerprint density at radius 1 is 1.29 bits per heavy atom. The fraction of sp³-hybridized carbons (Fsp3) is 0.500. The molecule has 1 saturated heterocycles. The van der Waals surface area contributed by atoms with Gasteiger partial charge in [0.05, 0.1) is 11.6 Å². The lowest BCUT2D eigenvalue weighted by molar-refractivity contribution is -0.134. The van der Waals surface area contributed by atoms with E-state index in [9.17, 15) is 9.59 Å². The van der Waals surface area contributed by atoms with Gasteiger partial charge in [-0.25, -0.2) is 4.79 Å². The number of likely N-dealkylation sites (tertiary alicyclic amines) is 1. The number of halogens is 2. The van der Waals surface area contributed by atoms with Gasteiger partial charge >= 0.3 is 6.09 Å². The van der Waals surface area contributed by atoms with Crippen LogP contribution >= 0.6 is 23.2 Å². The second kappa shape index (κ2) is 8.99. The maximum atomic E-state index is 12.2. The number of piperidine rings is 1. The van der Waals surface area contributed by atoms with Crippen LogP contribution in [-0.4, -0.2) is 49.2 Å². The highest BCUT2D eigenvalue weighted by Gasteiger charge is 2.24. The van der Waals surface area contributed by atoms with Gasteiger partial charge in [-0.3, -0.25) is 4.79 Å². The van der Waals surface area contributed by atoms with E-state index in [-0.39, 0.29) is 18.6 Å². The highest BCUT2D eigenvalue weighted by molar-refractivity contribution is 6.35. The maximum Gasteiger partial charge on any atom is 0.407 e. The maximum absolute atomic E-state index is 12.2. The van der Waals surface area contributed by atoms with E-state index < -0.39 is 6.09 Å². The van der Waals surface area contributed by atoms with Gasteiger partial charge in [0.25, 0.3) is 5.91 Å². The quantitative estimate of drug-likeness (QED) is 0.859. The smallest absolute Gasteiger partial charge is 0.407 e. The van der Waals surface area contributed by atoms with Crippen molar-refractivity contribution in [2.45, 2.75) is 25.8 Å². The zero-order valence-electron chi connectivity index (χ0n) is 13.4. The molecule has 0 unspecified atom stereocenters. The number of alkyl carbamates (subject to hydrolysis) is 1. The molecule has 1 aromatic carbocycles. The van der Waals surface area contributed by atoms with Crippen molar-refractivity contribution in [3.05, 3.63) is 28.2 Å². The molecule has 8 heteroatoms. The number of hydrogen-bond acceptors (Lipinski definition) is 4. The van der Waals surface area contributed by atoms with E-state index >= 15 is 0 Å². The molecule has 1 heterocycles. The Bertz CT molecular complexity index is 589. The molecule has 1 aliphatic heterocycles. The molecule has 1 aromatic rings. The van der Waals surface area contributed by atoms with Crippen LogP contribution in [-0.2, 0) is 9.53 Å². The molecule has 1 N–H and O–H groups in total. The summed E-state index contributed by atoms with van der Waals surface area (Å²) < 4.78 is 10.3. The molecule has 1 fully saturated rings. The first-order valence-electron chi connectivity index (χ1n) is 7.78. The molecular formula is C16H20Cl2N2O4. The van der Waals surface area contributed by atoms with Crippen LogP contribution < -0.4 is 10.1 Å². The average Bonchev–Trinajstić information content (AvgIpc) is 2.54. The Morgan fingerprint density at radius 2 is 2.00 bits per heavy atom. The first kappa shape index (κ1) is 18.7. The van der Waals surface area contributed by atoms with Gasteiger partial charge in [0.15, 0.2) is 6.61 Å². The number of ether oxygens (including phenoxy) is 2. The van der Waals surface area contributed by atoms with Gasteiger partial charge in [-0.05, 0) is 38.0 Å². The Hall–Kier alpha value is -1.66. The third-order valence-electron chi connectivity index (χ3n) is 3.69. The fourth-order valence-electron chi connectivity index (χ4n) is 2.44.